The normalized spacial score (nSPS) is 31.7. The number of carbonyl (C=O) groups excluding carboxylic acids is 2. The highest BCUT2D eigenvalue weighted by molar-refractivity contribution is 5.93. The molecule has 0 radical (unpaired) electrons. The van der Waals surface area contributed by atoms with Crippen molar-refractivity contribution < 1.29 is 23.6 Å². The fourth-order valence-electron chi connectivity index (χ4n) is 4.32. The average Bonchev–Trinajstić information content (AvgIpc) is 3.34. The van der Waals surface area contributed by atoms with Gasteiger partial charge in [-0.3, -0.25) is 9.59 Å². The molecule has 3 aliphatic heterocycles. The summed E-state index contributed by atoms with van der Waals surface area (Å²) < 4.78 is 16.3. The number of hydrogen-bond acceptors (Lipinski definition) is 6. The molecule has 0 aromatic carbocycles. The molecule has 0 saturated carbocycles. The van der Waals surface area contributed by atoms with E-state index in [-0.39, 0.29) is 17.9 Å². The van der Waals surface area contributed by atoms with Crippen LogP contribution < -0.4 is 0 Å². The molecule has 2 bridgehead atoms. The van der Waals surface area contributed by atoms with Gasteiger partial charge in [0.2, 0.25) is 11.8 Å². The molecule has 4 atom stereocenters. The molecule has 1 spiro atoms. The fourth-order valence-corrected chi connectivity index (χ4v) is 4.32. The molecule has 26 heavy (non-hydrogen) atoms. The zero-order valence-corrected chi connectivity index (χ0v) is 15.2. The van der Waals surface area contributed by atoms with E-state index in [1.807, 2.05) is 19.1 Å². The number of nitrogens with zero attached hydrogens (tertiary/aromatic N) is 3. The van der Waals surface area contributed by atoms with Crippen LogP contribution in [0.4, 0.5) is 0 Å². The first-order valence-electron chi connectivity index (χ1n) is 8.77. The van der Waals surface area contributed by atoms with Crippen LogP contribution in [0.3, 0.4) is 0 Å². The van der Waals surface area contributed by atoms with Crippen molar-refractivity contribution >= 4 is 11.8 Å². The van der Waals surface area contributed by atoms with Crippen molar-refractivity contribution in [2.24, 2.45) is 11.8 Å². The van der Waals surface area contributed by atoms with E-state index in [0.717, 1.165) is 0 Å². The molecule has 140 valence electrons. The zero-order chi connectivity index (χ0) is 18.5. The Labute approximate surface area is 151 Å². The third-order valence-corrected chi connectivity index (χ3v) is 5.48. The molecule has 2 amide bonds. The molecule has 1 aromatic rings. The maximum Gasteiger partial charge on any atom is 0.230 e. The van der Waals surface area contributed by atoms with Gasteiger partial charge in [0.15, 0.2) is 0 Å². The van der Waals surface area contributed by atoms with Crippen LogP contribution in [0.2, 0.25) is 0 Å². The van der Waals surface area contributed by atoms with Crippen LogP contribution in [0.25, 0.3) is 0 Å². The van der Waals surface area contributed by atoms with Gasteiger partial charge < -0.3 is 23.8 Å². The maximum absolute atomic E-state index is 13.1. The summed E-state index contributed by atoms with van der Waals surface area (Å²) in [5, 5.41) is 3.94. The summed E-state index contributed by atoms with van der Waals surface area (Å²) in [4.78, 5) is 29.4. The second kappa shape index (κ2) is 6.21. The highest BCUT2D eigenvalue weighted by Crippen LogP contribution is 2.52. The molecule has 4 heterocycles. The van der Waals surface area contributed by atoms with Crippen molar-refractivity contribution in [2.75, 3.05) is 33.9 Å². The van der Waals surface area contributed by atoms with E-state index in [2.05, 4.69) is 5.16 Å². The first-order valence-corrected chi connectivity index (χ1v) is 8.77. The molecule has 2 saturated heterocycles. The molecule has 0 aliphatic carbocycles. The number of aromatic nitrogens is 1. The lowest BCUT2D eigenvalue weighted by Crippen LogP contribution is -2.44. The highest BCUT2D eigenvalue weighted by Gasteiger charge is 2.66. The SMILES string of the molecule is COCCN1C[C@]23C=C[C@H](O2)[C@@H](C(=O)N(C)Cc2cc(C)on2)[C@H]3C1=O. The molecular weight excluding hydrogens is 338 g/mol. The molecule has 4 rings (SSSR count). The predicted molar refractivity (Wildman–Crippen MR) is 89.9 cm³/mol. The van der Waals surface area contributed by atoms with E-state index >= 15 is 0 Å². The van der Waals surface area contributed by atoms with Crippen molar-refractivity contribution in [3.05, 3.63) is 29.7 Å². The van der Waals surface area contributed by atoms with Crippen LogP contribution in [-0.4, -0.2) is 72.3 Å². The minimum absolute atomic E-state index is 0.0297. The lowest BCUT2D eigenvalue weighted by molar-refractivity contribution is -0.142. The van der Waals surface area contributed by atoms with E-state index < -0.39 is 17.4 Å². The van der Waals surface area contributed by atoms with Gasteiger partial charge in [-0.2, -0.15) is 0 Å². The maximum atomic E-state index is 13.1. The van der Waals surface area contributed by atoms with Crippen molar-refractivity contribution in [2.45, 2.75) is 25.2 Å². The summed E-state index contributed by atoms with van der Waals surface area (Å²) in [5.74, 6) is -0.404. The number of amides is 2. The highest BCUT2D eigenvalue weighted by atomic mass is 16.5. The number of ether oxygens (including phenoxy) is 2. The topological polar surface area (TPSA) is 85.1 Å². The first kappa shape index (κ1) is 17.2. The number of carbonyl (C=O) groups is 2. The average molecular weight is 361 g/mol. The van der Waals surface area contributed by atoms with Gasteiger partial charge >= 0.3 is 0 Å². The van der Waals surface area contributed by atoms with E-state index in [1.54, 1.807) is 30.0 Å². The van der Waals surface area contributed by atoms with Crippen LogP contribution >= 0.6 is 0 Å². The zero-order valence-electron chi connectivity index (χ0n) is 15.2. The van der Waals surface area contributed by atoms with Crippen molar-refractivity contribution in [1.29, 1.82) is 0 Å². The van der Waals surface area contributed by atoms with Crippen molar-refractivity contribution in [1.82, 2.24) is 15.0 Å². The van der Waals surface area contributed by atoms with Gasteiger partial charge in [0, 0.05) is 26.8 Å². The summed E-state index contributed by atoms with van der Waals surface area (Å²) in [7, 11) is 3.32. The Morgan fingerprint density at radius 2 is 2.35 bits per heavy atom. The van der Waals surface area contributed by atoms with Gasteiger partial charge in [-0.05, 0) is 6.92 Å². The monoisotopic (exact) mass is 361 g/mol. The smallest absolute Gasteiger partial charge is 0.230 e. The van der Waals surface area contributed by atoms with Crippen LogP contribution in [0, 0.1) is 18.8 Å². The van der Waals surface area contributed by atoms with Gasteiger partial charge in [0.1, 0.15) is 17.1 Å². The Hall–Kier alpha value is -2.19. The largest absolute Gasteiger partial charge is 0.383 e. The summed E-state index contributed by atoms with van der Waals surface area (Å²) in [6.45, 7) is 3.59. The van der Waals surface area contributed by atoms with Crippen LogP contribution in [0.15, 0.2) is 22.7 Å². The third-order valence-electron chi connectivity index (χ3n) is 5.48. The Bertz CT molecular complexity index is 760. The first-order chi connectivity index (χ1) is 12.4. The van der Waals surface area contributed by atoms with Gasteiger partial charge in [-0.25, -0.2) is 0 Å². The summed E-state index contributed by atoms with van der Waals surface area (Å²) >= 11 is 0. The number of aryl methyl sites for hydroxylation is 1. The standard InChI is InChI=1S/C18H23N3O5/c1-11-8-12(19-26-11)9-20(2)16(22)14-13-4-5-18(25-13)10-21(6-7-24-3)17(23)15(14)18/h4-5,8,13-15H,6-7,9-10H2,1-3H3/t13-,14+,15-,18-/m0/s1. The predicted octanol–water partition coefficient (Wildman–Crippen LogP) is 0.370. The van der Waals surface area contributed by atoms with Crippen molar-refractivity contribution in [3.8, 4) is 0 Å². The molecular formula is C18H23N3O5. The second-order valence-electron chi connectivity index (χ2n) is 7.28. The van der Waals surface area contributed by atoms with Gasteiger partial charge in [0.25, 0.3) is 0 Å². The molecule has 0 unspecified atom stereocenters. The van der Waals surface area contributed by atoms with Crippen molar-refractivity contribution in [3.63, 3.8) is 0 Å². The number of methoxy groups -OCH3 is 1. The van der Waals surface area contributed by atoms with E-state index in [9.17, 15) is 9.59 Å². The number of likely N-dealkylation sites (tertiary alicyclic amines) is 1. The Morgan fingerprint density at radius 3 is 3.04 bits per heavy atom. The molecule has 3 aliphatic rings. The van der Waals surface area contributed by atoms with Crippen LogP contribution in [0.5, 0.6) is 0 Å². The minimum Gasteiger partial charge on any atom is -0.383 e. The summed E-state index contributed by atoms with van der Waals surface area (Å²) in [6.07, 6.45) is 3.53. The van der Waals surface area contributed by atoms with E-state index in [0.29, 0.717) is 37.7 Å². The van der Waals surface area contributed by atoms with Gasteiger partial charge in [-0.1, -0.05) is 17.3 Å². The number of hydrogen-bond donors (Lipinski definition) is 0. The molecule has 8 nitrogen and oxygen atoms in total. The second-order valence-corrected chi connectivity index (χ2v) is 7.28. The lowest BCUT2D eigenvalue weighted by atomic mass is 9.76. The Balaban J connectivity index is 1.52. The quantitative estimate of drug-likeness (QED) is 0.681. The molecule has 2 fully saturated rings. The fraction of sp³-hybridized carbons (Fsp3) is 0.611. The van der Waals surface area contributed by atoms with E-state index in [4.69, 9.17) is 14.0 Å². The third kappa shape index (κ3) is 2.55. The van der Waals surface area contributed by atoms with Crippen LogP contribution in [0.1, 0.15) is 11.5 Å². The lowest BCUT2D eigenvalue weighted by Gasteiger charge is -2.27. The van der Waals surface area contributed by atoms with Gasteiger partial charge in [-0.15, -0.1) is 0 Å². The summed E-state index contributed by atoms with van der Waals surface area (Å²) in [5.41, 5.74) is 0.00775. The number of fused-ring (bicyclic) bond motifs is 1. The molecule has 8 heteroatoms. The van der Waals surface area contributed by atoms with Crippen LogP contribution in [-0.2, 0) is 25.6 Å². The molecule has 0 N–H and O–H groups in total. The summed E-state index contributed by atoms with van der Waals surface area (Å²) in [6, 6.07) is 1.80. The van der Waals surface area contributed by atoms with Gasteiger partial charge in [0.05, 0.1) is 37.6 Å². The Kier molecular flexibility index (Phi) is 4.11. The minimum atomic E-state index is -0.679. The Morgan fingerprint density at radius 1 is 1.54 bits per heavy atom. The van der Waals surface area contributed by atoms with E-state index in [1.165, 1.54) is 0 Å². The molecule has 1 aromatic heterocycles. The number of rotatable bonds is 6.